The fraction of sp³-hybridized carbons (Fsp3) is 0.0909. The first-order chi connectivity index (χ1) is 14.7. The second-order valence-electron chi connectivity index (χ2n) is 6.19. The molecule has 0 radical (unpaired) electrons. The fourth-order valence-electron chi connectivity index (χ4n) is 2.85. The number of anilines is 1. The van der Waals surface area contributed by atoms with Crippen molar-refractivity contribution in [2.75, 3.05) is 19.5 Å². The SMILES string of the molecule is COc1ccc(-c2ncccc2C(=O)Nc2nc(-c3cccc(OC)n3)cs2)cc1. The number of nitrogens with one attached hydrogen (secondary N) is 1. The van der Waals surface area contributed by atoms with Crippen LogP contribution in [0, 0.1) is 0 Å². The first-order valence-corrected chi connectivity index (χ1v) is 9.93. The molecule has 0 aliphatic heterocycles. The van der Waals surface area contributed by atoms with Crippen molar-refractivity contribution in [3.63, 3.8) is 0 Å². The summed E-state index contributed by atoms with van der Waals surface area (Å²) in [6.45, 7) is 0. The van der Waals surface area contributed by atoms with Gasteiger partial charge in [0, 0.05) is 23.2 Å². The van der Waals surface area contributed by atoms with Gasteiger partial charge in [0.2, 0.25) is 5.88 Å². The molecule has 30 heavy (non-hydrogen) atoms. The summed E-state index contributed by atoms with van der Waals surface area (Å²) in [5.41, 5.74) is 3.20. The van der Waals surface area contributed by atoms with Gasteiger partial charge in [0.05, 0.1) is 31.2 Å². The zero-order valence-corrected chi connectivity index (χ0v) is 17.1. The van der Waals surface area contributed by atoms with Crippen LogP contribution in [0.25, 0.3) is 22.6 Å². The average molecular weight is 418 g/mol. The van der Waals surface area contributed by atoms with Gasteiger partial charge in [-0.25, -0.2) is 9.97 Å². The van der Waals surface area contributed by atoms with Crippen molar-refractivity contribution in [1.82, 2.24) is 15.0 Å². The Balaban J connectivity index is 1.57. The van der Waals surface area contributed by atoms with Crippen LogP contribution in [0.1, 0.15) is 10.4 Å². The van der Waals surface area contributed by atoms with Crippen LogP contribution >= 0.6 is 11.3 Å². The topological polar surface area (TPSA) is 86.2 Å². The molecule has 7 nitrogen and oxygen atoms in total. The monoisotopic (exact) mass is 418 g/mol. The zero-order chi connectivity index (χ0) is 20.9. The predicted octanol–water partition coefficient (Wildman–Crippen LogP) is 4.54. The third kappa shape index (κ3) is 4.13. The lowest BCUT2D eigenvalue weighted by Gasteiger charge is -2.09. The van der Waals surface area contributed by atoms with Gasteiger partial charge in [-0.05, 0) is 42.5 Å². The number of carbonyl (C=O) groups excluding carboxylic acids is 1. The highest BCUT2D eigenvalue weighted by Crippen LogP contribution is 2.27. The zero-order valence-electron chi connectivity index (χ0n) is 16.3. The van der Waals surface area contributed by atoms with Gasteiger partial charge in [-0.15, -0.1) is 11.3 Å². The van der Waals surface area contributed by atoms with E-state index in [-0.39, 0.29) is 5.91 Å². The highest BCUT2D eigenvalue weighted by atomic mass is 32.1. The summed E-state index contributed by atoms with van der Waals surface area (Å²) in [5.74, 6) is 0.959. The number of carbonyl (C=O) groups is 1. The number of thiazole rings is 1. The Morgan fingerprint density at radius 1 is 0.933 bits per heavy atom. The molecule has 150 valence electrons. The Labute approximate surface area is 177 Å². The third-order valence-electron chi connectivity index (χ3n) is 4.34. The smallest absolute Gasteiger partial charge is 0.259 e. The number of hydrogen-bond acceptors (Lipinski definition) is 7. The van der Waals surface area contributed by atoms with Crippen LogP contribution in [-0.4, -0.2) is 35.1 Å². The summed E-state index contributed by atoms with van der Waals surface area (Å²) in [7, 11) is 3.17. The lowest BCUT2D eigenvalue weighted by molar-refractivity contribution is 0.102. The van der Waals surface area contributed by atoms with Crippen LogP contribution in [-0.2, 0) is 0 Å². The minimum Gasteiger partial charge on any atom is -0.497 e. The molecule has 0 unspecified atom stereocenters. The number of benzene rings is 1. The van der Waals surface area contributed by atoms with Crippen molar-refractivity contribution in [2.45, 2.75) is 0 Å². The molecule has 0 atom stereocenters. The van der Waals surface area contributed by atoms with Crippen molar-refractivity contribution in [1.29, 1.82) is 0 Å². The number of rotatable bonds is 6. The number of nitrogens with zero attached hydrogens (tertiary/aromatic N) is 3. The molecule has 0 aliphatic carbocycles. The van der Waals surface area contributed by atoms with Crippen molar-refractivity contribution < 1.29 is 14.3 Å². The van der Waals surface area contributed by atoms with Gasteiger partial charge < -0.3 is 9.47 Å². The summed E-state index contributed by atoms with van der Waals surface area (Å²) in [4.78, 5) is 26.2. The van der Waals surface area contributed by atoms with Crippen LogP contribution in [0.3, 0.4) is 0 Å². The lowest BCUT2D eigenvalue weighted by atomic mass is 10.1. The number of methoxy groups -OCH3 is 2. The number of amides is 1. The molecule has 3 aromatic heterocycles. The molecule has 0 saturated heterocycles. The number of pyridine rings is 2. The first-order valence-electron chi connectivity index (χ1n) is 9.05. The second kappa shape index (κ2) is 8.71. The van der Waals surface area contributed by atoms with E-state index in [1.54, 1.807) is 38.6 Å². The van der Waals surface area contributed by atoms with Gasteiger partial charge in [-0.2, -0.15) is 0 Å². The number of ether oxygens (including phenoxy) is 2. The molecular formula is C22H18N4O3S. The van der Waals surface area contributed by atoms with Crippen molar-refractivity contribution in [2.24, 2.45) is 0 Å². The van der Waals surface area contributed by atoms with E-state index in [2.05, 4.69) is 20.3 Å². The summed E-state index contributed by atoms with van der Waals surface area (Å²) in [6.07, 6.45) is 1.66. The molecule has 4 aromatic rings. The largest absolute Gasteiger partial charge is 0.497 e. The average Bonchev–Trinajstić information content (AvgIpc) is 3.27. The number of hydrogen-bond donors (Lipinski definition) is 1. The van der Waals surface area contributed by atoms with Gasteiger partial charge in [0.15, 0.2) is 5.13 Å². The Morgan fingerprint density at radius 2 is 1.77 bits per heavy atom. The summed E-state index contributed by atoms with van der Waals surface area (Å²) < 4.78 is 10.4. The molecule has 1 aromatic carbocycles. The molecule has 0 aliphatic rings. The third-order valence-corrected chi connectivity index (χ3v) is 5.09. The van der Waals surface area contributed by atoms with E-state index < -0.39 is 0 Å². The molecule has 1 N–H and O–H groups in total. The van der Waals surface area contributed by atoms with Crippen LogP contribution in [0.5, 0.6) is 11.6 Å². The van der Waals surface area contributed by atoms with E-state index >= 15 is 0 Å². The molecule has 3 heterocycles. The van der Waals surface area contributed by atoms with Gasteiger partial charge in [0.25, 0.3) is 5.91 Å². The van der Waals surface area contributed by atoms with Gasteiger partial charge in [0.1, 0.15) is 11.4 Å². The summed E-state index contributed by atoms with van der Waals surface area (Å²) in [6, 6.07) is 16.3. The minimum atomic E-state index is -0.284. The Hall–Kier alpha value is -3.78. The molecule has 8 heteroatoms. The number of aromatic nitrogens is 3. The Kier molecular flexibility index (Phi) is 5.67. The first kappa shape index (κ1) is 19.5. The van der Waals surface area contributed by atoms with Crippen LogP contribution in [0.4, 0.5) is 5.13 Å². The van der Waals surface area contributed by atoms with Crippen molar-refractivity contribution >= 4 is 22.4 Å². The molecule has 0 saturated carbocycles. The quantitative estimate of drug-likeness (QED) is 0.495. The summed E-state index contributed by atoms with van der Waals surface area (Å²) >= 11 is 1.33. The minimum absolute atomic E-state index is 0.284. The van der Waals surface area contributed by atoms with Crippen LogP contribution in [0.15, 0.2) is 66.2 Å². The summed E-state index contributed by atoms with van der Waals surface area (Å²) in [5, 5.41) is 5.17. The van der Waals surface area contributed by atoms with Crippen LogP contribution in [0.2, 0.25) is 0 Å². The Bertz CT molecular complexity index is 1170. The maximum absolute atomic E-state index is 12.9. The van der Waals surface area contributed by atoms with Gasteiger partial charge in [-0.3, -0.25) is 15.1 Å². The van der Waals surface area contributed by atoms with E-state index in [9.17, 15) is 4.79 Å². The highest BCUT2D eigenvalue weighted by molar-refractivity contribution is 7.14. The van der Waals surface area contributed by atoms with Crippen molar-refractivity contribution in [3.05, 3.63) is 71.7 Å². The normalized spacial score (nSPS) is 10.5. The lowest BCUT2D eigenvalue weighted by Crippen LogP contribution is -2.13. The second-order valence-corrected chi connectivity index (χ2v) is 7.04. The Morgan fingerprint density at radius 3 is 2.53 bits per heavy atom. The molecule has 4 rings (SSSR count). The maximum Gasteiger partial charge on any atom is 0.259 e. The molecule has 0 bridgehead atoms. The van der Waals surface area contributed by atoms with E-state index in [0.29, 0.717) is 33.7 Å². The molecular weight excluding hydrogens is 400 g/mol. The van der Waals surface area contributed by atoms with E-state index in [0.717, 1.165) is 11.3 Å². The van der Waals surface area contributed by atoms with E-state index in [1.165, 1.54) is 11.3 Å². The van der Waals surface area contributed by atoms with Gasteiger partial charge in [-0.1, -0.05) is 6.07 Å². The highest BCUT2D eigenvalue weighted by Gasteiger charge is 2.16. The van der Waals surface area contributed by atoms with Crippen LogP contribution < -0.4 is 14.8 Å². The molecule has 0 fully saturated rings. The standard InChI is InChI=1S/C22H18N4O3S/c1-28-15-10-8-14(9-11-15)20-16(5-4-12-23-20)21(27)26-22-25-18(13-30-22)17-6-3-7-19(24-17)29-2/h3-13H,1-2H3,(H,25,26,27). The van der Waals surface area contributed by atoms with Crippen molar-refractivity contribution in [3.8, 4) is 34.3 Å². The van der Waals surface area contributed by atoms with Gasteiger partial charge >= 0.3 is 0 Å². The van der Waals surface area contributed by atoms with E-state index in [4.69, 9.17) is 9.47 Å². The predicted molar refractivity (Wildman–Crippen MR) is 116 cm³/mol. The molecule has 0 spiro atoms. The fourth-order valence-corrected chi connectivity index (χ4v) is 3.55. The maximum atomic E-state index is 12.9. The van der Waals surface area contributed by atoms with E-state index in [1.807, 2.05) is 41.8 Å². The molecule has 1 amide bonds.